The van der Waals surface area contributed by atoms with Gasteiger partial charge in [0.15, 0.2) is 11.5 Å². The summed E-state index contributed by atoms with van der Waals surface area (Å²) >= 11 is 0. The van der Waals surface area contributed by atoms with Gasteiger partial charge in [0.1, 0.15) is 0 Å². The minimum atomic E-state index is -0.432. The van der Waals surface area contributed by atoms with Gasteiger partial charge in [0, 0.05) is 25.6 Å². The number of hydrogen-bond acceptors (Lipinski definition) is 4. The van der Waals surface area contributed by atoms with E-state index in [1.54, 1.807) is 19.1 Å². The van der Waals surface area contributed by atoms with Gasteiger partial charge in [0.25, 0.3) is 0 Å². The molecular formula is C22H30N2O4. The van der Waals surface area contributed by atoms with E-state index >= 15 is 0 Å². The van der Waals surface area contributed by atoms with Crippen molar-refractivity contribution in [3.8, 4) is 11.5 Å². The third-order valence-electron chi connectivity index (χ3n) is 6.14. The zero-order valence-electron chi connectivity index (χ0n) is 17.3. The molecular weight excluding hydrogens is 356 g/mol. The second kappa shape index (κ2) is 7.86. The zero-order valence-corrected chi connectivity index (χ0v) is 17.3. The molecule has 0 aliphatic carbocycles. The van der Waals surface area contributed by atoms with E-state index in [4.69, 9.17) is 9.47 Å². The summed E-state index contributed by atoms with van der Waals surface area (Å²) in [6.45, 7) is 9.62. The van der Waals surface area contributed by atoms with Crippen molar-refractivity contribution in [1.82, 2.24) is 9.80 Å². The molecule has 0 spiro atoms. The van der Waals surface area contributed by atoms with Gasteiger partial charge in [-0.15, -0.1) is 0 Å². The lowest BCUT2D eigenvalue weighted by atomic mass is 9.81. The van der Waals surface area contributed by atoms with Gasteiger partial charge in [-0.1, -0.05) is 6.58 Å². The fourth-order valence-electron chi connectivity index (χ4n) is 4.44. The maximum absolute atomic E-state index is 13.3. The number of piperidine rings is 1. The molecule has 0 radical (unpaired) electrons. The summed E-state index contributed by atoms with van der Waals surface area (Å²) in [7, 11) is 3.26. The fourth-order valence-corrected chi connectivity index (χ4v) is 4.44. The Labute approximate surface area is 167 Å². The number of methoxy groups -OCH3 is 2. The van der Waals surface area contributed by atoms with Crippen LogP contribution in [0.15, 0.2) is 24.8 Å². The van der Waals surface area contributed by atoms with Crippen LogP contribution < -0.4 is 9.47 Å². The maximum Gasteiger partial charge on any atom is 0.245 e. The number of hydrogen-bond donors (Lipinski definition) is 0. The van der Waals surface area contributed by atoms with Crippen molar-refractivity contribution in [2.45, 2.75) is 38.6 Å². The molecule has 1 aromatic carbocycles. The van der Waals surface area contributed by atoms with Crippen molar-refractivity contribution in [2.24, 2.45) is 5.92 Å². The Morgan fingerprint density at radius 1 is 1.11 bits per heavy atom. The summed E-state index contributed by atoms with van der Waals surface area (Å²) in [5.74, 6) is 1.47. The van der Waals surface area contributed by atoms with Crippen LogP contribution >= 0.6 is 0 Å². The molecule has 0 unspecified atom stereocenters. The van der Waals surface area contributed by atoms with Crippen LogP contribution in [-0.2, 0) is 21.5 Å². The molecule has 0 aromatic heterocycles. The number of likely N-dealkylation sites (tertiary alicyclic amines) is 1. The summed E-state index contributed by atoms with van der Waals surface area (Å²) in [6, 6.07) is 4.02. The van der Waals surface area contributed by atoms with E-state index in [9.17, 15) is 9.59 Å². The first-order valence-electron chi connectivity index (χ1n) is 9.81. The molecule has 1 aromatic rings. The number of carbonyl (C=O) groups is 2. The molecule has 2 amide bonds. The normalized spacial score (nSPS) is 19.0. The highest BCUT2D eigenvalue weighted by Gasteiger charge is 2.41. The van der Waals surface area contributed by atoms with Crippen molar-refractivity contribution in [3.63, 3.8) is 0 Å². The van der Waals surface area contributed by atoms with Gasteiger partial charge in [0.2, 0.25) is 11.8 Å². The van der Waals surface area contributed by atoms with Crippen molar-refractivity contribution in [2.75, 3.05) is 33.9 Å². The van der Waals surface area contributed by atoms with Crippen molar-refractivity contribution in [3.05, 3.63) is 35.9 Å². The molecule has 1 fully saturated rings. The van der Waals surface area contributed by atoms with Crippen LogP contribution in [0.4, 0.5) is 0 Å². The van der Waals surface area contributed by atoms with Gasteiger partial charge in [-0.2, -0.15) is 0 Å². The third kappa shape index (κ3) is 3.48. The Morgan fingerprint density at radius 3 is 2.29 bits per heavy atom. The number of benzene rings is 1. The first-order valence-corrected chi connectivity index (χ1v) is 9.81. The van der Waals surface area contributed by atoms with Crippen LogP contribution in [0.1, 0.15) is 37.8 Å². The summed E-state index contributed by atoms with van der Waals surface area (Å²) < 4.78 is 10.9. The Balaban J connectivity index is 1.80. The summed E-state index contributed by atoms with van der Waals surface area (Å²) in [4.78, 5) is 28.9. The van der Waals surface area contributed by atoms with Gasteiger partial charge in [-0.3, -0.25) is 9.59 Å². The highest BCUT2D eigenvalue weighted by Crippen LogP contribution is 2.42. The highest BCUT2D eigenvalue weighted by atomic mass is 16.5. The average molecular weight is 386 g/mol. The third-order valence-corrected chi connectivity index (χ3v) is 6.14. The molecule has 2 heterocycles. The minimum absolute atomic E-state index is 0.0464. The minimum Gasteiger partial charge on any atom is -0.493 e. The number of amides is 2. The van der Waals surface area contributed by atoms with Crippen LogP contribution in [0, 0.1) is 5.92 Å². The van der Waals surface area contributed by atoms with E-state index in [0.717, 1.165) is 17.7 Å². The van der Waals surface area contributed by atoms with Crippen LogP contribution in [0.3, 0.4) is 0 Å². The molecule has 0 atom stereocenters. The first-order chi connectivity index (χ1) is 13.3. The van der Waals surface area contributed by atoms with Crippen LogP contribution in [0.25, 0.3) is 0 Å². The summed E-state index contributed by atoms with van der Waals surface area (Å²) in [6.07, 6.45) is 3.53. The first kappa shape index (κ1) is 20.2. The summed E-state index contributed by atoms with van der Waals surface area (Å²) in [5.41, 5.74) is 1.86. The molecule has 0 N–H and O–H groups in total. The lowest BCUT2D eigenvalue weighted by Crippen LogP contribution is -2.53. The lowest BCUT2D eigenvalue weighted by molar-refractivity contribution is -0.145. The monoisotopic (exact) mass is 386 g/mol. The Hall–Kier alpha value is -2.50. The number of ether oxygens (including phenoxy) is 2. The summed E-state index contributed by atoms with van der Waals surface area (Å²) in [5, 5.41) is 0. The number of nitrogens with zero attached hydrogens (tertiary/aromatic N) is 2. The van der Waals surface area contributed by atoms with Gasteiger partial charge in [-0.25, -0.2) is 0 Å². The number of fused-ring (bicyclic) bond motifs is 1. The molecule has 2 aliphatic rings. The van der Waals surface area contributed by atoms with Gasteiger partial charge in [-0.05, 0) is 62.4 Å². The average Bonchev–Trinajstić information content (AvgIpc) is 2.71. The molecule has 1 saturated heterocycles. The smallest absolute Gasteiger partial charge is 0.245 e. The SMILES string of the molecule is C=CC(=O)N1CCC(C(=O)N2CCc3cc(OC)c(OC)cc3C2(C)C)CC1. The quantitative estimate of drug-likeness (QED) is 0.747. The predicted molar refractivity (Wildman–Crippen MR) is 107 cm³/mol. The largest absolute Gasteiger partial charge is 0.493 e. The maximum atomic E-state index is 13.3. The van der Waals surface area contributed by atoms with Crippen molar-refractivity contribution >= 4 is 11.8 Å². The highest BCUT2D eigenvalue weighted by molar-refractivity contribution is 5.87. The van der Waals surface area contributed by atoms with Crippen LogP contribution in [0.5, 0.6) is 11.5 Å². The van der Waals surface area contributed by atoms with Crippen molar-refractivity contribution < 1.29 is 19.1 Å². The van der Waals surface area contributed by atoms with E-state index in [2.05, 4.69) is 20.4 Å². The molecule has 6 nitrogen and oxygen atoms in total. The van der Waals surface area contributed by atoms with E-state index in [1.807, 2.05) is 17.0 Å². The number of carbonyl (C=O) groups excluding carboxylic acids is 2. The zero-order chi connectivity index (χ0) is 20.5. The molecule has 0 saturated carbocycles. The van der Waals surface area contributed by atoms with Crippen molar-refractivity contribution in [1.29, 1.82) is 0 Å². The van der Waals surface area contributed by atoms with Crippen LogP contribution in [-0.4, -0.2) is 55.5 Å². The topological polar surface area (TPSA) is 59.1 Å². The second-order valence-corrected chi connectivity index (χ2v) is 7.97. The van der Waals surface area contributed by atoms with Gasteiger partial charge < -0.3 is 19.3 Å². The Morgan fingerprint density at radius 2 is 1.71 bits per heavy atom. The van der Waals surface area contributed by atoms with E-state index in [1.165, 1.54) is 11.6 Å². The second-order valence-electron chi connectivity index (χ2n) is 7.97. The van der Waals surface area contributed by atoms with E-state index in [0.29, 0.717) is 38.2 Å². The van der Waals surface area contributed by atoms with E-state index < -0.39 is 5.54 Å². The standard InChI is InChI=1S/C22H30N2O4/c1-6-20(25)23-10-7-15(8-11-23)21(26)24-12-9-16-13-18(27-4)19(28-5)14-17(16)22(24,2)3/h6,13-15H,1,7-12H2,2-5H3. The predicted octanol–water partition coefficient (Wildman–Crippen LogP) is 2.75. The molecule has 3 rings (SSSR count). The molecule has 152 valence electrons. The molecule has 2 aliphatic heterocycles. The van der Waals surface area contributed by atoms with E-state index in [-0.39, 0.29) is 17.7 Å². The molecule has 6 heteroatoms. The molecule has 0 bridgehead atoms. The lowest BCUT2D eigenvalue weighted by Gasteiger charge is -2.46. The molecule has 28 heavy (non-hydrogen) atoms. The fraction of sp³-hybridized carbons (Fsp3) is 0.545. The number of rotatable bonds is 4. The Bertz CT molecular complexity index is 779. The Kier molecular flexibility index (Phi) is 5.68. The van der Waals surface area contributed by atoms with Gasteiger partial charge >= 0.3 is 0 Å². The van der Waals surface area contributed by atoms with Crippen LogP contribution in [0.2, 0.25) is 0 Å². The van der Waals surface area contributed by atoms with Gasteiger partial charge in [0.05, 0.1) is 19.8 Å².